The van der Waals surface area contributed by atoms with Gasteiger partial charge < -0.3 is 0 Å². The third kappa shape index (κ3) is 1.74. The van der Waals surface area contributed by atoms with Crippen molar-refractivity contribution in [1.29, 1.82) is 10.5 Å². The molecule has 0 heterocycles. The number of benzene rings is 2. The van der Waals surface area contributed by atoms with Crippen molar-refractivity contribution in [3.8, 4) is 12.1 Å². The Bertz CT molecular complexity index is 605. The summed E-state index contributed by atoms with van der Waals surface area (Å²) in [4.78, 5) is 1.51. The van der Waals surface area contributed by atoms with Crippen LogP contribution in [-0.4, -0.2) is 0 Å². The number of rotatable bonds is 0. The lowest BCUT2D eigenvalue weighted by atomic mass is 10.0. The van der Waals surface area contributed by atoms with E-state index in [0.717, 1.165) is 20.6 Å². The average Bonchev–Trinajstić information content (AvgIpc) is 2.29. The zero-order valence-electron chi connectivity index (χ0n) is 8.10. The molecule has 0 fully saturated rings. The standard InChI is InChI=1S/C12H6N2S2/c13-5-9-1-7-3-11(15)12(16)4-8(7)2-10(9)6-14/h1-4,15-16H. The maximum absolute atomic E-state index is 8.90. The third-order valence-electron chi connectivity index (χ3n) is 2.31. The van der Waals surface area contributed by atoms with Gasteiger partial charge in [0.05, 0.1) is 11.1 Å². The number of thiol groups is 2. The van der Waals surface area contributed by atoms with Gasteiger partial charge in [0, 0.05) is 9.79 Å². The Kier molecular flexibility index (Phi) is 2.78. The largest absolute Gasteiger partial charge is 0.192 e. The predicted molar refractivity (Wildman–Crippen MR) is 67.9 cm³/mol. The predicted octanol–water partition coefficient (Wildman–Crippen LogP) is 3.16. The molecule has 0 amide bonds. The summed E-state index contributed by atoms with van der Waals surface area (Å²) in [6.45, 7) is 0. The lowest BCUT2D eigenvalue weighted by molar-refractivity contribution is 1.30. The van der Waals surface area contributed by atoms with Gasteiger partial charge in [0.15, 0.2) is 0 Å². The summed E-state index contributed by atoms with van der Waals surface area (Å²) in [6, 6.07) is 11.1. The highest BCUT2D eigenvalue weighted by molar-refractivity contribution is 7.83. The highest BCUT2D eigenvalue weighted by Gasteiger charge is 2.05. The van der Waals surface area contributed by atoms with Gasteiger partial charge in [-0.05, 0) is 35.0 Å². The van der Waals surface area contributed by atoms with Gasteiger partial charge in [-0.1, -0.05) is 0 Å². The smallest absolute Gasteiger partial charge is 0.101 e. The SMILES string of the molecule is N#Cc1cc2cc(S)c(S)cc2cc1C#N. The van der Waals surface area contributed by atoms with Crippen LogP contribution in [0.25, 0.3) is 10.8 Å². The van der Waals surface area contributed by atoms with Crippen molar-refractivity contribution in [2.24, 2.45) is 0 Å². The van der Waals surface area contributed by atoms with Crippen molar-refractivity contribution >= 4 is 36.0 Å². The van der Waals surface area contributed by atoms with E-state index < -0.39 is 0 Å². The molecule has 0 atom stereocenters. The van der Waals surface area contributed by atoms with Crippen LogP contribution < -0.4 is 0 Å². The van der Waals surface area contributed by atoms with Gasteiger partial charge in [-0.15, -0.1) is 25.3 Å². The Hall–Kier alpha value is -1.62. The van der Waals surface area contributed by atoms with E-state index in [-0.39, 0.29) is 0 Å². The summed E-state index contributed by atoms with van der Waals surface area (Å²) in [5, 5.41) is 19.6. The molecule has 2 aromatic carbocycles. The third-order valence-corrected chi connectivity index (χ3v) is 3.23. The number of hydrogen-bond donors (Lipinski definition) is 2. The molecular weight excluding hydrogens is 236 g/mol. The first-order valence-electron chi connectivity index (χ1n) is 4.45. The first kappa shape index (κ1) is 10.9. The molecule has 4 heteroatoms. The molecule has 0 aliphatic rings. The Morgan fingerprint density at radius 2 is 1.12 bits per heavy atom. The van der Waals surface area contributed by atoms with E-state index >= 15 is 0 Å². The maximum Gasteiger partial charge on any atom is 0.101 e. The van der Waals surface area contributed by atoms with Gasteiger partial charge in [0.1, 0.15) is 12.1 Å². The zero-order valence-corrected chi connectivity index (χ0v) is 9.89. The van der Waals surface area contributed by atoms with Gasteiger partial charge in [0.2, 0.25) is 0 Å². The molecule has 0 aliphatic heterocycles. The van der Waals surface area contributed by atoms with E-state index in [2.05, 4.69) is 25.3 Å². The first-order chi connectivity index (χ1) is 7.65. The number of fused-ring (bicyclic) bond motifs is 1. The molecule has 0 unspecified atom stereocenters. The number of nitriles is 2. The Labute approximate surface area is 104 Å². The van der Waals surface area contributed by atoms with Crippen LogP contribution in [-0.2, 0) is 0 Å². The Morgan fingerprint density at radius 1 is 0.750 bits per heavy atom. The first-order valence-corrected chi connectivity index (χ1v) is 5.35. The van der Waals surface area contributed by atoms with Crippen LogP contribution in [0.1, 0.15) is 11.1 Å². The Balaban J connectivity index is 2.86. The molecule has 16 heavy (non-hydrogen) atoms. The molecule has 2 aromatic rings. The molecule has 0 radical (unpaired) electrons. The van der Waals surface area contributed by atoms with Gasteiger partial charge in [-0.25, -0.2) is 0 Å². The van der Waals surface area contributed by atoms with Crippen LogP contribution in [0.5, 0.6) is 0 Å². The Morgan fingerprint density at radius 3 is 1.44 bits per heavy atom. The molecule has 0 aliphatic carbocycles. The summed E-state index contributed by atoms with van der Waals surface area (Å²) in [7, 11) is 0. The van der Waals surface area contributed by atoms with Crippen molar-refractivity contribution in [2.45, 2.75) is 9.79 Å². The van der Waals surface area contributed by atoms with Gasteiger partial charge in [-0.3, -0.25) is 0 Å². The van der Waals surface area contributed by atoms with Crippen LogP contribution in [0, 0.1) is 22.7 Å². The van der Waals surface area contributed by atoms with Crippen molar-refractivity contribution in [1.82, 2.24) is 0 Å². The monoisotopic (exact) mass is 242 g/mol. The molecule has 0 N–H and O–H groups in total. The van der Waals surface area contributed by atoms with Gasteiger partial charge in [0.25, 0.3) is 0 Å². The van der Waals surface area contributed by atoms with E-state index in [1.807, 2.05) is 24.3 Å². The quantitative estimate of drug-likeness (QED) is 0.697. The van der Waals surface area contributed by atoms with E-state index in [9.17, 15) is 0 Å². The second-order valence-electron chi connectivity index (χ2n) is 3.31. The lowest BCUT2D eigenvalue weighted by Gasteiger charge is -2.04. The molecular formula is C12H6N2S2. The van der Waals surface area contributed by atoms with Crippen LogP contribution in [0.2, 0.25) is 0 Å². The zero-order chi connectivity index (χ0) is 11.7. The summed E-state index contributed by atoms with van der Waals surface area (Å²) in [5.74, 6) is 0. The van der Waals surface area contributed by atoms with Crippen LogP contribution in [0.3, 0.4) is 0 Å². The topological polar surface area (TPSA) is 47.6 Å². The minimum absolute atomic E-state index is 0.384. The number of nitrogens with zero attached hydrogens (tertiary/aromatic N) is 2. The molecule has 0 spiro atoms. The van der Waals surface area contributed by atoms with Crippen molar-refractivity contribution in [3.05, 3.63) is 35.4 Å². The molecule has 0 aromatic heterocycles. The van der Waals surface area contributed by atoms with Crippen molar-refractivity contribution in [2.75, 3.05) is 0 Å². The van der Waals surface area contributed by atoms with Crippen molar-refractivity contribution < 1.29 is 0 Å². The molecule has 2 nitrogen and oxygen atoms in total. The van der Waals surface area contributed by atoms with Gasteiger partial charge in [-0.2, -0.15) is 10.5 Å². The highest BCUT2D eigenvalue weighted by Crippen LogP contribution is 2.27. The van der Waals surface area contributed by atoms with E-state index in [4.69, 9.17) is 10.5 Å². The summed E-state index contributed by atoms with van der Waals surface area (Å²) < 4.78 is 0. The fraction of sp³-hybridized carbons (Fsp3) is 0. The number of hydrogen-bond acceptors (Lipinski definition) is 4. The summed E-state index contributed by atoms with van der Waals surface area (Å²) in [5.41, 5.74) is 0.768. The van der Waals surface area contributed by atoms with E-state index in [1.165, 1.54) is 0 Å². The fourth-order valence-corrected chi connectivity index (χ4v) is 1.92. The van der Waals surface area contributed by atoms with Gasteiger partial charge >= 0.3 is 0 Å². The maximum atomic E-state index is 8.90. The lowest BCUT2D eigenvalue weighted by Crippen LogP contribution is -1.85. The minimum Gasteiger partial charge on any atom is -0.192 e. The normalized spacial score (nSPS) is 9.75. The average molecular weight is 242 g/mol. The van der Waals surface area contributed by atoms with E-state index in [0.29, 0.717) is 11.1 Å². The summed E-state index contributed by atoms with van der Waals surface area (Å²) in [6.07, 6.45) is 0. The molecule has 0 saturated heterocycles. The van der Waals surface area contributed by atoms with Crippen LogP contribution in [0.15, 0.2) is 34.1 Å². The van der Waals surface area contributed by atoms with E-state index in [1.54, 1.807) is 12.1 Å². The van der Waals surface area contributed by atoms with Crippen molar-refractivity contribution in [3.63, 3.8) is 0 Å². The highest BCUT2D eigenvalue weighted by atomic mass is 32.1. The second-order valence-corrected chi connectivity index (χ2v) is 4.27. The molecule has 76 valence electrons. The second kappa shape index (κ2) is 4.09. The van der Waals surface area contributed by atoms with Crippen LogP contribution in [0.4, 0.5) is 0 Å². The minimum atomic E-state index is 0.384. The molecule has 2 rings (SSSR count). The van der Waals surface area contributed by atoms with Crippen LogP contribution >= 0.6 is 25.3 Å². The molecule has 0 saturated carbocycles. The fourth-order valence-electron chi connectivity index (χ4n) is 1.51. The summed E-state index contributed by atoms with van der Waals surface area (Å²) >= 11 is 8.52. The molecule has 0 bridgehead atoms.